The summed E-state index contributed by atoms with van der Waals surface area (Å²) < 4.78 is 0. The first-order chi connectivity index (χ1) is 17.4. The van der Waals surface area contributed by atoms with E-state index < -0.39 is 29.3 Å². The van der Waals surface area contributed by atoms with E-state index in [1.807, 2.05) is 54.6 Å². The lowest BCUT2D eigenvalue weighted by Gasteiger charge is -2.55. The van der Waals surface area contributed by atoms with E-state index in [0.717, 1.165) is 28.4 Å². The molecule has 6 rings (SSSR count). The Morgan fingerprint density at radius 2 is 1.61 bits per heavy atom. The molecule has 2 saturated heterocycles. The molecule has 0 aromatic heterocycles. The number of hydrogen-bond acceptors (Lipinski definition) is 5. The molecule has 0 bridgehead atoms. The lowest BCUT2D eigenvalue weighted by atomic mass is 9.67. The standard InChI is InChI=1S/C27H22Cl2N4O3/c28-18-10-11-20(29)22(14-18)33-25(35)27(24(34)30-26(33)36)15-17-6-4-5-9-21(17)32-13-12-31(16-23(27)32)19-7-2-1-3-8-19/h1-11,14,23H,12-13,15-16H2,(H,30,34,36). The van der Waals surface area contributed by atoms with Crippen LogP contribution >= 0.6 is 23.2 Å². The van der Waals surface area contributed by atoms with Crippen LogP contribution in [0.25, 0.3) is 0 Å². The first-order valence-corrected chi connectivity index (χ1v) is 12.5. The van der Waals surface area contributed by atoms with Gasteiger partial charge < -0.3 is 9.80 Å². The molecule has 7 nitrogen and oxygen atoms in total. The molecular weight excluding hydrogens is 499 g/mol. The fourth-order valence-corrected chi connectivity index (χ4v) is 6.07. The number of amides is 4. The van der Waals surface area contributed by atoms with Gasteiger partial charge in [-0.3, -0.25) is 14.9 Å². The molecule has 3 aromatic carbocycles. The smallest absolute Gasteiger partial charge is 0.335 e. The van der Waals surface area contributed by atoms with Crippen molar-refractivity contribution in [2.45, 2.75) is 12.5 Å². The van der Waals surface area contributed by atoms with E-state index in [4.69, 9.17) is 23.2 Å². The predicted molar refractivity (Wildman–Crippen MR) is 140 cm³/mol. The van der Waals surface area contributed by atoms with Crippen molar-refractivity contribution in [3.05, 3.63) is 88.4 Å². The number of rotatable bonds is 2. The number of piperazine rings is 1. The van der Waals surface area contributed by atoms with Gasteiger partial charge in [-0.15, -0.1) is 0 Å². The van der Waals surface area contributed by atoms with Crippen molar-refractivity contribution in [1.82, 2.24) is 5.32 Å². The number of para-hydroxylation sites is 2. The maximum atomic E-state index is 14.4. The van der Waals surface area contributed by atoms with Crippen LogP contribution in [0, 0.1) is 5.41 Å². The van der Waals surface area contributed by atoms with Crippen molar-refractivity contribution < 1.29 is 14.4 Å². The lowest BCUT2D eigenvalue weighted by Crippen LogP contribution is -2.75. The van der Waals surface area contributed by atoms with Gasteiger partial charge in [0.25, 0.3) is 5.91 Å². The molecule has 2 atom stereocenters. The van der Waals surface area contributed by atoms with E-state index in [1.165, 1.54) is 12.1 Å². The molecule has 1 spiro atoms. The Kier molecular flexibility index (Phi) is 5.43. The van der Waals surface area contributed by atoms with Crippen LogP contribution in [0.2, 0.25) is 10.0 Å². The average Bonchev–Trinajstić information content (AvgIpc) is 2.89. The summed E-state index contributed by atoms with van der Waals surface area (Å²) in [5.41, 5.74) is 1.52. The van der Waals surface area contributed by atoms with Crippen molar-refractivity contribution in [2.75, 3.05) is 34.3 Å². The second-order valence-electron chi connectivity index (χ2n) is 9.26. The Morgan fingerprint density at radius 1 is 0.861 bits per heavy atom. The fourth-order valence-electron chi connectivity index (χ4n) is 5.70. The van der Waals surface area contributed by atoms with Crippen LogP contribution in [-0.4, -0.2) is 43.5 Å². The molecule has 3 aliphatic heterocycles. The van der Waals surface area contributed by atoms with Crippen molar-refractivity contribution in [1.29, 1.82) is 0 Å². The topological polar surface area (TPSA) is 73.0 Å². The first kappa shape index (κ1) is 22.9. The maximum absolute atomic E-state index is 14.4. The maximum Gasteiger partial charge on any atom is 0.335 e. The van der Waals surface area contributed by atoms with Gasteiger partial charge in [-0.05, 0) is 48.4 Å². The number of carbonyl (C=O) groups excluding carboxylic acids is 3. The summed E-state index contributed by atoms with van der Waals surface area (Å²) in [5.74, 6) is -1.19. The van der Waals surface area contributed by atoms with E-state index in [9.17, 15) is 14.4 Å². The Bertz CT molecular complexity index is 1400. The van der Waals surface area contributed by atoms with Gasteiger partial charge in [0.1, 0.15) is 0 Å². The molecule has 4 amide bonds. The second-order valence-corrected chi connectivity index (χ2v) is 10.1. The Balaban J connectivity index is 1.50. The molecule has 3 aromatic rings. The normalized spacial score (nSPS) is 23.4. The molecule has 0 radical (unpaired) electrons. The summed E-state index contributed by atoms with van der Waals surface area (Å²) >= 11 is 12.6. The third-order valence-electron chi connectivity index (χ3n) is 7.40. The first-order valence-electron chi connectivity index (χ1n) is 11.7. The zero-order valence-corrected chi connectivity index (χ0v) is 20.7. The minimum atomic E-state index is -1.54. The van der Waals surface area contributed by atoms with E-state index in [0.29, 0.717) is 18.1 Å². The summed E-state index contributed by atoms with van der Waals surface area (Å²) in [7, 11) is 0. The van der Waals surface area contributed by atoms with Gasteiger partial charge in [-0.1, -0.05) is 59.6 Å². The molecule has 2 unspecified atom stereocenters. The van der Waals surface area contributed by atoms with Gasteiger partial charge in [-0.25, -0.2) is 9.69 Å². The van der Waals surface area contributed by atoms with Crippen molar-refractivity contribution in [2.24, 2.45) is 5.41 Å². The van der Waals surface area contributed by atoms with Crippen LogP contribution in [0.1, 0.15) is 5.56 Å². The third kappa shape index (κ3) is 3.38. The fraction of sp³-hybridized carbons (Fsp3) is 0.222. The van der Waals surface area contributed by atoms with Gasteiger partial charge in [0, 0.05) is 36.0 Å². The van der Waals surface area contributed by atoms with Crippen LogP contribution in [0.4, 0.5) is 21.9 Å². The molecule has 9 heteroatoms. The van der Waals surface area contributed by atoms with Crippen LogP contribution < -0.4 is 20.0 Å². The molecule has 3 heterocycles. The number of fused-ring (bicyclic) bond motifs is 4. The van der Waals surface area contributed by atoms with E-state index in [2.05, 4.69) is 15.1 Å². The van der Waals surface area contributed by atoms with Gasteiger partial charge in [-0.2, -0.15) is 0 Å². The summed E-state index contributed by atoms with van der Waals surface area (Å²) in [6.45, 7) is 1.77. The quantitative estimate of drug-likeness (QED) is 0.503. The number of anilines is 3. The van der Waals surface area contributed by atoms with E-state index in [-0.39, 0.29) is 17.1 Å². The zero-order chi connectivity index (χ0) is 25.0. The number of imide groups is 2. The molecule has 2 fully saturated rings. The van der Waals surface area contributed by atoms with E-state index in [1.54, 1.807) is 6.07 Å². The van der Waals surface area contributed by atoms with Gasteiger partial charge >= 0.3 is 6.03 Å². The minimum absolute atomic E-state index is 0.152. The largest absolute Gasteiger partial charge is 0.368 e. The highest BCUT2D eigenvalue weighted by Crippen LogP contribution is 2.47. The van der Waals surface area contributed by atoms with Crippen molar-refractivity contribution in [3.63, 3.8) is 0 Å². The number of carbonyl (C=O) groups is 3. The Morgan fingerprint density at radius 3 is 2.42 bits per heavy atom. The Hall–Kier alpha value is -3.55. The summed E-state index contributed by atoms with van der Waals surface area (Å²) in [6.07, 6.45) is 0.166. The SMILES string of the molecule is O=C1NC(=O)C2(Cc3ccccc3N3CCN(c4ccccc4)CC32)C(=O)N1c1cc(Cl)ccc1Cl. The highest BCUT2D eigenvalue weighted by Gasteiger charge is 2.63. The summed E-state index contributed by atoms with van der Waals surface area (Å²) in [6, 6.07) is 21.0. The number of urea groups is 1. The van der Waals surface area contributed by atoms with Crippen LogP contribution in [0.15, 0.2) is 72.8 Å². The summed E-state index contributed by atoms with van der Waals surface area (Å²) in [5, 5.41) is 2.98. The van der Waals surface area contributed by atoms with Crippen LogP contribution in [0.3, 0.4) is 0 Å². The van der Waals surface area contributed by atoms with Gasteiger partial charge in [0.15, 0.2) is 5.41 Å². The number of barbiturate groups is 1. The molecule has 0 aliphatic carbocycles. The molecule has 182 valence electrons. The highest BCUT2D eigenvalue weighted by molar-refractivity contribution is 6.39. The van der Waals surface area contributed by atoms with Crippen molar-refractivity contribution >= 4 is 58.1 Å². The third-order valence-corrected chi connectivity index (χ3v) is 7.96. The number of nitrogens with one attached hydrogen (secondary N) is 1. The average molecular weight is 521 g/mol. The number of benzene rings is 3. The Labute approximate surface area is 218 Å². The minimum Gasteiger partial charge on any atom is -0.368 e. The summed E-state index contributed by atoms with van der Waals surface area (Å²) in [4.78, 5) is 46.5. The molecule has 0 saturated carbocycles. The van der Waals surface area contributed by atoms with Gasteiger partial charge in [0.2, 0.25) is 5.91 Å². The van der Waals surface area contributed by atoms with Crippen molar-refractivity contribution in [3.8, 4) is 0 Å². The van der Waals surface area contributed by atoms with E-state index >= 15 is 0 Å². The molecular formula is C27H22Cl2N4O3. The number of nitrogens with zero attached hydrogens (tertiary/aromatic N) is 3. The van der Waals surface area contributed by atoms with Crippen LogP contribution in [0.5, 0.6) is 0 Å². The van der Waals surface area contributed by atoms with Crippen LogP contribution in [-0.2, 0) is 16.0 Å². The second kappa shape index (κ2) is 8.54. The zero-order valence-electron chi connectivity index (χ0n) is 19.2. The highest BCUT2D eigenvalue weighted by atomic mass is 35.5. The predicted octanol–water partition coefficient (Wildman–Crippen LogP) is 4.51. The number of hydrogen-bond donors (Lipinski definition) is 1. The monoisotopic (exact) mass is 520 g/mol. The molecule has 36 heavy (non-hydrogen) atoms. The molecule has 1 N–H and O–H groups in total. The lowest BCUT2D eigenvalue weighted by molar-refractivity contribution is -0.144. The molecule has 3 aliphatic rings. The van der Waals surface area contributed by atoms with Gasteiger partial charge in [0.05, 0.1) is 16.8 Å². The number of halogens is 2.